The second-order valence-corrected chi connectivity index (χ2v) is 12.0. The molecule has 0 aliphatic rings. The first-order valence-corrected chi connectivity index (χ1v) is 15.5. The van der Waals surface area contributed by atoms with Gasteiger partial charge in [-0.2, -0.15) is 0 Å². The molecular weight excluding hydrogens is 562 g/mol. The first-order valence-electron chi connectivity index (χ1n) is 13.7. The number of benzene rings is 3. The van der Waals surface area contributed by atoms with Gasteiger partial charge in [-0.1, -0.05) is 61.7 Å². The number of nitrogens with one attached hydrogen (secondary N) is 1. The van der Waals surface area contributed by atoms with E-state index in [9.17, 15) is 18.0 Å². The number of aryl methyl sites for hydroxylation is 1. The molecule has 1 unspecified atom stereocenters. The number of rotatable bonds is 14. The Kier molecular flexibility index (Phi) is 11.6. The van der Waals surface area contributed by atoms with E-state index in [1.165, 1.54) is 29.2 Å². The maximum absolute atomic E-state index is 14.1. The summed E-state index contributed by atoms with van der Waals surface area (Å²) in [7, 11) is -2.59. The summed E-state index contributed by atoms with van der Waals surface area (Å²) in [6.45, 7) is 5.88. The summed E-state index contributed by atoms with van der Waals surface area (Å²) in [5.41, 5.74) is 2.06. The molecule has 0 aliphatic heterocycles. The molecule has 0 aliphatic carbocycles. The van der Waals surface area contributed by atoms with Gasteiger partial charge in [-0.15, -0.1) is 0 Å². The summed E-state index contributed by atoms with van der Waals surface area (Å²) >= 11 is 6.01. The molecule has 0 radical (unpaired) electrons. The molecule has 10 heteroatoms. The van der Waals surface area contributed by atoms with E-state index in [1.54, 1.807) is 43.5 Å². The van der Waals surface area contributed by atoms with Crippen LogP contribution >= 0.6 is 11.6 Å². The number of nitrogens with zero attached hydrogens (tertiary/aromatic N) is 2. The summed E-state index contributed by atoms with van der Waals surface area (Å²) in [5, 5.41) is 3.33. The molecule has 3 aromatic rings. The van der Waals surface area contributed by atoms with Crippen LogP contribution in [0.3, 0.4) is 0 Å². The molecule has 0 bridgehead atoms. The molecule has 220 valence electrons. The van der Waals surface area contributed by atoms with Gasteiger partial charge in [0.15, 0.2) is 0 Å². The second kappa shape index (κ2) is 14.9. The highest BCUT2D eigenvalue weighted by atomic mass is 35.5. The fraction of sp³-hybridized carbons (Fsp3) is 0.355. The van der Waals surface area contributed by atoms with Crippen molar-refractivity contribution in [3.63, 3.8) is 0 Å². The quantitative estimate of drug-likeness (QED) is 0.244. The van der Waals surface area contributed by atoms with E-state index in [-0.39, 0.29) is 17.3 Å². The summed E-state index contributed by atoms with van der Waals surface area (Å²) in [6.07, 6.45) is 2.09. The Bertz CT molecular complexity index is 1400. The highest BCUT2D eigenvalue weighted by Crippen LogP contribution is 2.26. The predicted octanol–water partition coefficient (Wildman–Crippen LogP) is 5.58. The zero-order chi connectivity index (χ0) is 30.0. The van der Waals surface area contributed by atoms with E-state index in [0.717, 1.165) is 28.3 Å². The van der Waals surface area contributed by atoms with E-state index >= 15 is 0 Å². The monoisotopic (exact) mass is 599 g/mol. The van der Waals surface area contributed by atoms with E-state index in [2.05, 4.69) is 5.32 Å². The van der Waals surface area contributed by atoms with E-state index < -0.39 is 28.5 Å². The highest BCUT2D eigenvalue weighted by molar-refractivity contribution is 7.92. The van der Waals surface area contributed by atoms with Crippen molar-refractivity contribution in [2.24, 2.45) is 0 Å². The van der Waals surface area contributed by atoms with Crippen LogP contribution in [-0.2, 0) is 26.2 Å². The Hall–Kier alpha value is -3.56. The van der Waals surface area contributed by atoms with Crippen LogP contribution in [0.1, 0.15) is 44.2 Å². The number of ether oxygens (including phenoxy) is 1. The number of hydrogen-bond donors (Lipinski definition) is 1. The van der Waals surface area contributed by atoms with Crippen molar-refractivity contribution in [3.8, 4) is 5.75 Å². The molecule has 41 heavy (non-hydrogen) atoms. The van der Waals surface area contributed by atoms with Crippen LogP contribution in [0.25, 0.3) is 0 Å². The Morgan fingerprint density at radius 2 is 1.59 bits per heavy atom. The third kappa shape index (κ3) is 8.47. The molecule has 8 nitrogen and oxygen atoms in total. The lowest BCUT2D eigenvalue weighted by molar-refractivity contribution is -0.140. The molecule has 3 aromatic carbocycles. The zero-order valence-electron chi connectivity index (χ0n) is 24.0. The Balaban J connectivity index is 2.02. The van der Waals surface area contributed by atoms with Gasteiger partial charge in [0.1, 0.15) is 18.3 Å². The van der Waals surface area contributed by atoms with Gasteiger partial charge in [0.25, 0.3) is 10.0 Å². The van der Waals surface area contributed by atoms with Crippen LogP contribution < -0.4 is 14.4 Å². The molecule has 0 aromatic heterocycles. The van der Waals surface area contributed by atoms with Crippen LogP contribution in [-0.4, -0.2) is 51.4 Å². The topological polar surface area (TPSA) is 96.0 Å². The number of halogens is 1. The largest absolute Gasteiger partial charge is 0.497 e. The van der Waals surface area contributed by atoms with Gasteiger partial charge in [-0.05, 0) is 73.9 Å². The van der Waals surface area contributed by atoms with Crippen molar-refractivity contribution in [2.45, 2.75) is 57.5 Å². The normalized spacial score (nSPS) is 11.9. The van der Waals surface area contributed by atoms with Crippen LogP contribution in [0.15, 0.2) is 77.7 Å². The van der Waals surface area contributed by atoms with E-state index in [1.807, 2.05) is 32.9 Å². The van der Waals surface area contributed by atoms with Gasteiger partial charge in [0, 0.05) is 18.1 Å². The summed E-state index contributed by atoms with van der Waals surface area (Å²) in [5.74, 6) is -0.114. The minimum Gasteiger partial charge on any atom is -0.497 e. The molecule has 1 N–H and O–H groups in total. The molecule has 0 saturated carbocycles. The fourth-order valence-corrected chi connectivity index (χ4v) is 5.87. The van der Waals surface area contributed by atoms with Gasteiger partial charge >= 0.3 is 0 Å². The third-order valence-electron chi connectivity index (χ3n) is 6.73. The first-order chi connectivity index (χ1) is 19.6. The van der Waals surface area contributed by atoms with Crippen molar-refractivity contribution >= 4 is 39.1 Å². The van der Waals surface area contributed by atoms with Crippen LogP contribution in [0.5, 0.6) is 5.75 Å². The lowest BCUT2D eigenvalue weighted by Gasteiger charge is -2.33. The number of anilines is 1. The van der Waals surface area contributed by atoms with Gasteiger partial charge in [-0.25, -0.2) is 8.42 Å². The lowest BCUT2D eigenvalue weighted by atomic mass is 10.1. The number of sulfonamides is 1. The number of hydrogen-bond acceptors (Lipinski definition) is 5. The number of carbonyl (C=O) groups is 2. The maximum atomic E-state index is 14.1. The molecule has 1 atom stereocenters. The molecular formula is C31H38ClN3O5S. The van der Waals surface area contributed by atoms with Gasteiger partial charge in [-0.3, -0.25) is 13.9 Å². The molecule has 0 saturated heterocycles. The Morgan fingerprint density at radius 1 is 0.951 bits per heavy atom. The fourth-order valence-electron chi connectivity index (χ4n) is 4.33. The van der Waals surface area contributed by atoms with Crippen LogP contribution in [0.2, 0.25) is 5.02 Å². The molecule has 0 heterocycles. The lowest BCUT2D eigenvalue weighted by Crippen LogP contribution is -2.52. The minimum absolute atomic E-state index is 0.00123. The van der Waals surface area contributed by atoms with Crippen molar-refractivity contribution in [1.29, 1.82) is 0 Å². The summed E-state index contributed by atoms with van der Waals surface area (Å²) in [4.78, 5) is 28.8. The average Bonchev–Trinajstić information content (AvgIpc) is 2.97. The SMILES string of the molecule is CCCCNC(=O)C(CC)N(Cc1ccc(OC)cc1)C(=O)CN(c1ccc(C)cc1)S(=O)(=O)c1ccc(Cl)cc1. The number of amides is 2. The van der Waals surface area contributed by atoms with Crippen LogP contribution in [0, 0.1) is 6.92 Å². The smallest absolute Gasteiger partial charge is 0.264 e. The number of methoxy groups -OCH3 is 1. The average molecular weight is 600 g/mol. The second-order valence-electron chi connectivity index (χ2n) is 9.74. The Labute approximate surface area is 248 Å². The van der Waals surface area contributed by atoms with E-state index in [4.69, 9.17) is 16.3 Å². The van der Waals surface area contributed by atoms with Gasteiger partial charge in [0.2, 0.25) is 11.8 Å². The summed E-state index contributed by atoms with van der Waals surface area (Å²) < 4.78 is 34.1. The first kappa shape index (κ1) is 32.0. The molecule has 0 fully saturated rings. The van der Waals surface area contributed by atoms with E-state index in [0.29, 0.717) is 29.4 Å². The molecule has 2 amide bonds. The maximum Gasteiger partial charge on any atom is 0.264 e. The molecule has 0 spiro atoms. The predicted molar refractivity (Wildman–Crippen MR) is 163 cm³/mol. The zero-order valence-corrected chi connectivity index (χ0v) is 25.5. The standard InChI is InChI=1S/C31H38ClN3O5S/c1-5-7-20-33-31(37)29(6-2)34(21-24-10-16-27(40-4)17-11-24)30(36)22-35(26-14-8-23(3)9-15-26)41(38,39)28-18-12-25(32)13-19-28/h8-19,29H,5-7,20-22H2,1-4H3,(H,33,37). The minimum atomic E-state index is -4.15. The third-order valence-corrected chi connectivity index (χ3v) is 8.77. The summed E-state index contributed by atoms with van der Waals surface area (Å²) in [6, 6.07) is 19.1. The van der Waals surface area contributed by atoms with Crippen molar-refractivity contribution in [2.75, 3.05) is 24.5 Å². The molecule has 3 rings (SSSR count). The van der Waals surface area contributed by atoms with Gasteiger partial charge in [0.05, 0.1) is 17.7 Å². The van der Waals surface area contributed by atoms with Crippen molar-refractivity contribution in [1.82, 2.24) is 10.2 Å². The van der Waals surface area contributed by atoms with Crippen molar-refractivity contribution < 1.29 is 22.7 Å². The van der Waals surface area contributed by atoms with Crippen LogP contribution in [0.4, 0.5) is 5.69 Å². The van der Waals surface area contributed by atoms with Gasteiger partial charge < -0.3 is 15.0 Å². The Morgan fingerprint density at radius 3 is 2.15 bits per heavy atom. The van der Waals surface area contributed by atoms with Crippen molar-refractivity contribution in [3.05, 3.63) is 88.9 Å². The number of unbranched alkanes of at least 4 members (excludes halogenated alkanes) is 1. The highest BCUT2D eigenvalue weighted by Gasteiger charge is 2.33. The number of carbonyl (C=O) groups excluding carboxylic acids is 2.